The highest BCUT2D eigenvalue weighted by Crippen LogP contribution is 2.15. The minimum absolute atomic E-state index is 0.00805. The van der Waals surface area contributed by atoms with E-state index in [1.165, 1.54) is 18.1 Å². The summed E-state index contributed by atoms with van der Waals surface area (Å²) in [6.45, 7) is 1.89. The maximum Gasteiger partial charge on any atom is 0.377 e. The summed E-state index contributed by atoms with van der Waals surface area (Å²) in [6.07, 6.45) is 1.45. The first-order valence-electron chi connectivity index (χ1n) is 5.36. The van der Waals surface area contributed by atoms with Crippen LogP contribution in [0.4, 0.5) is 0 Å². The van der Waals surface area contributed by atoms with E-state index < -0.39 is 5.97 Å². The van der Waals surface area contributed by atoms with Crippen molar-refractivity contribution in [1.82, 2.24) is 14.8 Å². The van der Waals surface area contributed by atoms with Gasteiger partial charge in [-0.1, -0.05) is 12.1 Å². The lowest BCUT2D eigenvalue weighted by atomic mass is 10.1. The molecule has 0 aliphatic rings. The molecule has 0 bridgehead atoms. The standard InChI is InChI=1S/C12H13N3O3/c1-8-5-9(6-16)3-4-10(8)15-7-13-11(14-15)12(17)18-2/h3-5,7,16H,6H2,1-2H3. The van der Waals surface area contributed by atoms with Gasteiger partial charge in [0.25, 0.3) is 5.82 Å². The number of nitrogens with zero attached hydrogens (tertiary/aromatic N) is 3. The molecular weight excluding hydrogens is 234 g/mol. The van der Waals surface area contributed by atoms with Crippen molar-refractivity contribution in [2.75, 3.05) is 7.11 Å². The number of aliphatic hydroxyl groups is 1. The highest BCUT2D eigenvalue weighted by Gasteiger charge is 2.12. The van der Waals surface area contributed by atoms with Gasteiger partial charge in [-0.15, -0.1) is 5.10 Å². The van der Waals surface area contributed by atoms with Crippen LogP contribution in [0.1, 0.15) is 21.7 Å². The van der Waals surface area contributed by atoms with Crippen LogP contribution < -0.4 is 0 Å². The van der Waals surface area contributed by atoms with Gasteiger partial charge in [-0.05, 0) is 24.1 Å². The van der Waals surface area contributed by atoms with Crippen LogP contribution in [0.5, 0.6) is 0 Å². The zero-order valence-electron chi connectivity index (χ0n) is 10.1. The number of hydrogen-bond acceptors (Lipinski definition) is 5. The molecule has 0 fully saturated rings. The summed E-state index contributed by atoms with van der Waals surface area (Å²) in [5, 5.41) is 13.1. The number of benzene rings is 1. The average Bonchev–Trinajstić information content (AvgIpc) is 2.87. The second-order valence-electron chi connectivity index (χ2n) is 3.78. The van der Waals surface area contributed by atoms with Gasteiger partial charge in [-0.25, -0.2) is 14.5 Å². The van der Waals surface area contributed by atoms with Gasteiger partial charge in [-0.3, -0.25) is 0 Å². The van der Waals surface area contributed by atoms with Crippen molar-refractivity contribution >= 4 is 5.97 Å². The molecule has 6 heteroatoms. The Kier molecular flexibility index (Phi) is 3.38. The molecule has 1 aromatic carbocycles. The fourth-order valence-electron chi connectivity index (χ4n) is 1.64. The summed E-state index contributed by atoms with van der Waals surface area (Å²) < 4.78 is 6.04. The third-order valence-corrected chi connectivity index (χ3v) is 2.55. The first kappa shape index (κ1) is 12.3. The molecule has 0 amide bonds. The molecule has 0 radical (unpaired) electrons. The SMILES string of the molecule is COC(=O)c1ncn(-c2ccc(CO)cc2C)n1. The zero-order chi connectivity index (χ0) is 13.1. The molecule has 1 aromatic heterocycles. The number of carbonyl (C=O) groups is 1. The largest absolute Gasteiger partial charge is 0.463 e. The minimum Gasteiger partial charge on any atom is -0.463 e. The number of carbonyl (C=O) groups excluding carboxylic acids is 1. The van der Waals surface area contributed by atoms with E-state index in [9.17, 15) is 4.79 Å². The number of aromatic nitrogens is 3. The molecule has 0 atom stereocenters. The highest BCUT2D eigenvalue weighted by atomic mass is 16.5. The Hall–Kier alpha value is -2.21. The predicted octanol–water partition coefficient (Wildman–Crippen LogP) is 0.855. The molecule has 0 unspecified atom stereocenters. The molecule has 2 aromatic rings. The van der Waals surface area contributed by atoms with Gasteiger partial charge in [0, 0.05) is 0 Å². The lowest BCUT2D eigenvalue weighted by Crippen LogP contribution is -2.05. The van der Waals surface area contributed by atoms with Crippen LogP contribution in [-0.2, 0) is 11.3 Å². The molecule has 0 saturated heterocycles. The van der Waals surface area contributed by atoms with Crippen molar-refractivity contribution in [3.8, 4) is 5.69 Å². The first-order valence-corrected chi connectivity index (χ1v) is 5.36. The number of aliphatic hydroxyl groups excluding tert-OH is 1. The summed E-state index contributed by atoms with van der Waals surface area (Å²) in [4.78, 5) is 15.1. The van der Waals surface area contributed by atoms with Gasteiger partial charge in [-0.2, -0.15) is 0 Å². The van der Waals surface area contributed by atoms with Gasteiger partial charge in [0.2, 0.25) is 0 Å². The van der Waals surface area contributed by atoms with E-state index >= 15 is 0 Å². The lowest BCUT2D eigenvalue weighted by molar-refractivity contribution is 0.0587. The third kappa shape index (κ3) is 2.23. The number of rotatable bonds is 3. The summed E-state index contributed by atoms with van der Waals surface area (Å²) in [5.41, 5.74) is 2.56. The highest BCUT2D eigenvalue weighted by molar-refractivity contribution is 5.84. The molecule has 1 N–H and O–H groups in total. The van der Waals surface area contributed by atoms with E-state index in [1.807, 2.05) is 19.1 Å². The number of aryl methyl sites for hydroxylation is 1. The van der Waals surface area contributed by atoms with Gasteiger partial charge < -0.3 is 9.84 Å². The molecule has 0 saturated carbocycles. The van der Waals surface area contributed by atoms with Crippen molar-refractivity contribution in [3.05, 3.63) is 41.5 Å². The predicted molar refractivity (Wildman–Crippen MR) is 63.4 cm³/mol. The van der Waals surface area contributed by atoms with Crippen molar-refractivity contribution in [2.24, 2.45) is 0 Å². The Morgan fingerprint density at radius 3 is 2.89 bits per heavy atom. The normalized spacial score (nSPS) is 10.4. The van der Waals surface area contributed by atoms with Crippen LogP contribution >= 0.6 is 0 Å². The van der Waals surface area contributed by atoms with E-state index in [-0.39, 0.29) is 12.4 Å². The number of methoxy groups -OCH3 is 1. The summed E-state index contributed by atoms with van der Waals surface area (Å²) in [5.74, 6) is -0.554. The molecule has 2 rings (SSSR count). The fourth-order valence-corrected chi connectivity index (χ4v) is 1.64. The van der Waals surface area contributed by atoms with Crippen molar-refractivity contribution < 1.29 is 14.6 Å². The maximum atomic E-state index is 11.2. The van der Waals surface area contributed by atoms with E-state index in [0.29, 0.717) is 0 Å². The molecule has 0 spiro atoms. The molecule has 0 aliphatic heterocycles. The summed E-state index contributed by atoms with van der Waals surface area (Å²) in [7, 11) is 1.28. The van der Waals surface area contributed by atoms with Crippen LogP contribution in [0.2, 0.25) is 0 Å². The molecule has 18 heavy (non-hydrogen) atoms. The first-order chi connectivity index (χ1) is 8.65. The van der Waals surface area contributed by atoms with Crippen molar-refractivity contribution in [1.29, 1.82) is 0 Å². The molecule has 6 nitrogen and oxygen atoms in total. The average molecular weight is 247 g/mol. The Morgan fingerprint density at radius 1 is 1.50 bits per heavy atom. The second kappa shape index (κ2) is 4.97. The number of ether oxygens (including phenoxy) is 1. The zero-order valence-corrected chi connectivity index (χ0v) is 10.1. The summed E-state index contributed by atoms with van der Waals surface area (Å²) >= 11 is 0. The van der Waals surface area contributed by atoms with Crippen LogP contribution in [-0.4, -0.2) is 33.0 Å². The Morgan fingerprint density at radius 2 is 2.28 bits per heavy atom. The smallest absolute Gasteiger partial charge is 0.377 e. The van der Waals surface area contributed by atoms with Crippen LogP contribution in [0.15, 0.2) is 24.5 Å². The number of hydrogen-bond donors (Lipinski definition) is 1. The lowest BCUT2D eigenvalue weighted by Gasteiger charge is -2.06. The van der Waals surface area contributed by atoms with E-state index in [2.05, 4.69) is 14.8 Å². The van der Waals surface area contributed by atoms with E-state index in [4.69, 9.17) is 5.11 Å². The van der Waals surface area contributed by atoms with Gasteiger partial charge in [0.15, 0.2) is 0 Å². The Labute approximate surface area is 104 Å². The third-order valence-electron chi connectivity index (χ3n) is 2.55. The topological polar surface area (TPSA) is 77.2 Å². The van der Waals surface area contributed by atoms with Crippen molar-refractivity contribution in [2.45, 2.75) is 13.5 Å². The maximum absolute atomic E-state index is 11.2. The van der Waals surface area contributed by atoms with Gasteiger partial charge >= 0.3 is 5.97 Å². The Balaban J connectivity index is 2.37. The molecule has 1 heterocycles. The summed E-state index contributed by atoms with van der Waals surface area (Å²) in [6, 6.07) is 5.47. The second-order valence-corrected chi connectivity index (χ2v) is 3.78. The molecule has 94 valence electrons. The van der Waals surface area contributed by atoms with E-state index in [0.717, 1.165) is 16.8 Å². The van der Waals surface area contributed by atoms with Gasteiger partial charge in [0.05, 0.1) is 19.4 Å². The molecule has 0 aliphatic carbocycles. The van der Waals surface area contributed by atoms with Crippen molar-refractivity contribution in [3.63, 3.8) is 0 Å². The van der Waals surface area contributed by atoms with Crippen LogP contribution in [0.3, 0.4) is 0 Å². The van der Waals surface area contributed by atoms with Gasteiger partial charge in [0.1, 0.15) is 6.33 Å². The van der Waals surface area contributed by atoms with E-state index in [1.54, 1.807) is 6.07 Å². The van der Waals surface area contributed by atoms with Crippen LogP contribution in [0, 0.1) is 6.92 Å². The number of esters is 1. The molecular formula is C12H13N3O3. The monoisotopic (exact) mass is 247 g/mol. The fraction of sp³-hybridized carbons (Fsp3) is 0.250. The Bertz CT molecular complexity index is 578. The van der Waals surface area contributed by atoms with Crippen LogP contribution in [0.25, 0.3) is 5.69 Å². The quantitative estimate of drug-likeness (QED) is 0.814. The minimum atomic E-state index is -0.571.